The van der Waals surface area contributed by atoms with Crippen LogP contribution in [0, 0.1) is 0 Å². The summed E-state index contributed by atoms with van der Waals surface area (Å²) in [6.45, 7) is 4.04. The molecule has 0 atom stereocenters. The molecule has 5 nitrogen and oxygen atoms in total. The summed E-state index contributed by atoms with van der Waals surface area (Å²) in [6, 6.07) is 10.9. The molecule has 0 fully saturated rings. The highest BCUT2D eigenvalue weighted by molar-refractivity contribution is 7.92. The van der Waals surface area contributed by atoms with Gasteiger partial charge in [-0.3, -0.25) is 9.10 Å². The molecule has 0 radical (unpaired) electrons. The Morgan fingerprint density at radius 2 is 1.61 bits per heavy atom. The summed E-state index contributed by atoms with van der Waals surface area (Å²) in [6.07, 6.45) is -4.66. The maximum absolute atomic E-state index is 13.1. The number of alkyl halides is 3. The van der Waals surface area contributed by atoms with Crippen LogP contribution in [0.3, 0.4) is 0 Å². The van der Waals surface area contributed by atoms with E-state index in [9.17, 15) is 26.4 Å². The number of rotatable bonds is 5. The van der Waals surface area contributed by atoms with Crippen molar-refractivity contribution in [3.63, 3.8) is 0 Å². The highest BCUT2D eigenvalue weighted by Gasteiger charge is 2.33. The third kappa shape index (κ3) is 5.48. The first-order valence-corrected chi connectivity index (χ1v) is 9.71. The van der Waals surface area contributed by atoms with Gasteiger partial charge in [-0.25, -0.2) is 8.42 Å². The van der Waals surface area contributed by atoms with Gasteiger partial charge in [-0.1, -0.05) is 24.3 Å². The first kappa shape index (κ1) is 21.7. The van der Waals surface area contributed by atoms with E-state index in [2.05, 4.69) is 0 Å². The standard InChI is InChI=1S/C19H20F3NO4S/c1-18(2,3)27-17(24)13-23(28(25,26)16-10-5-4-6-11-16)15-9-7-8-14(12-15)19(20,21)22/h4-12H,13H2,1-3H3. The van der Waals surface area contributed by atoms with Crippen molar-refractivity contribution in [2.24, 2.45) is 0 Å². The Morgan fingerprint density at radius 1 is 1.00 bits per heavy atom. The van der Waals surface area contributed by atoms with E-state index in [-0.39, 0.29) is 10.6 Å². The fraction of sp³-hybridized carbons (Fsp3) is 0.316. The number of hydrogen-bond acceptors (Lipinski definition) is 4. The number of ether oxygens (including phenoxy) is 1. The van der Waals surface area contributed by atoms with Gasteiger partial charge >= 0.3 is 12.1 Å². The Morgan fingerprint density at radius 3 is 2.14 bits per heavy atom. The van der Waals surface area contributed by atoms with Gasteiger partial charge in [0.25, 0.3) is 10.0 Å². The fourth-order valence-corrected chi connectivity index (χ4v) is 3.79. The molecule has 2 aromatic carbocycles. The maximum atomic E-state index is 13.1. The molecule has 0 bridgehead atoms. The van der Waals surface area contributed by atoms with Crippen LogP contribution in [0.1, 0.15) is 26.3 Å². The smallest absolute Gasteiger partial charge is 0.416 e. The monoisotopic (exact) mass is 415 g/mol. The lowest BCUT2D eigenvalue weighted by molar-refractivity contribution is -0.152. The summed E-state index contributed by atoms with van der Waals surface area (Å²) in [5, 5.41) is 0. The number of anilines is 1. The van der Waals surface area contributed by atoms with E-state index in [1.807, 2.05) is 0 Å². The minimum absolute atomic E-state index is 0.157. The molecule has 0 aromatic heterocycles. The fourth-order valence-electron chi connectivity index (χ4n) is 2.36. The topological polar surface area (TPSA) is 63.7 Å². The number of benzene rings is 2. The number of esters is 1. The molecule has 9 heteroatoms. The Labute approximate surface area is 161 Å². The number of carbonyl (C=O) groups is 1. The highest BCUT2D eigenvalue weighted by atomic mass is 32.2. The van der Waals surface area contributed by atoms with Crippen LogP contribution < -0.4 is 4.31 Å². The summed E-state index contributed by atoms with van der Waals surface area (Å²) in [5.41, 5.74) is -2.19. The van der Waals surface area contributed by atoms with Crippen LogP contribution in [0.25, 0.3) is 0 Å². The second-order valence-electron chi connectivity index (χ2n) is 6.96. The lowest BCUT2D eigenvalue weighted by atomic mass is 10.2. The zero-order valence-corrected chi connectivity index (χ0v) is 16.3. The van der Waals surface area contributed by atoms with Crippen molar-refractivity contribution < 1.29 is 31.1 Å². The van der Waals surface area contributed by atoms with Gasteiger partial charge in [-0.15, -0.1) is 0 Å². The number of nitrogens with zero attached hydrogens (tertiary/aromatic N) is 1. The van der Waals surface area contributed by atoms with Crippen LogP contribution in [0.15, 0.2) is 59.5 Å². The SMILES string of the molecule is CC(C)(C)OC(=O)CN(c1cccc(C(F)(F)F)c1)S(=O)(=O)c1ccccc1. The minimum atomic E-state index is -4.66. The molecule has 28 heavy (non-hydrogen) atoms. The first-order valence-electron chi connectivity index (χ1n) is 8.27. The van der Waals surface area contributed by atoms with Crippen molar-refractivity contribution >= 4 is 21.7 Å². The average Bonchev–Trinajstić information content (AvgIpc) is 2.58. The highest BCUT2D eigenvalue weighted by Crippen LogP contribution is 2.33. The molecule has 2 rings (SSSR count). The van der Waals surface area contributed by atoms with Gasteiger partial charge in [0.2, 0.25) is 0 Å². The van der Waals surface area contributed by atoms with Crippen LogP contribution in [0.5, 0.6) is 0 Å². The van der Waals surface area contributed by atoms with Crippen molar-refractivity contribution in [2.75, 3.05) is 10.8 Å². The lowest BCUT2D eigenvalue weighted by Gasteiger charge is -2.26. The summed E-state index contributed by atoms with van der Waals surface area (Å²) < 4.78 is 71.1. The average molecular weight is 415 g/mol. The van der Waals surface area contributed by atoms with Crippen LogP contribution in [-0.2, 0) is 25.7 Å². The molecule has 0 aliphatic carbocycles. The molecule has 0 unspecified atom stereocenters. The molecule has 0 spiro atoms. The van der Waals surface area contributed by atoms with Gasteiger partial charge < -0.3 is 4.74 Å². The zero-order chi connectivity index (χ0) is 21.2. The predicted octanol–water partition coefficient (Wildman–Crippen LogP) is 4.24. The second-order valence-corrected chi connectivity index (χ2v) is 8.82. The van der Waals surface area contributed by atoms with Crippen molar-refractivity contribution in [2.45, 2.75) is 37.4 Å². The van der Waals surface area contributed by atoms with Gasteiger partial charge in [0.15, 0.2) is 0 Å². The molecular weight excluding hydrogens is 395 g/mol. The Hall–Kier alpha value is -2.55. The Bertz CT molecular complexity index is 936. The molecule has 0 aliphatic heterocycles. The largest absolute Gasteiger partial charge is 0.459 e. The molecule has 0 saturated heterocycles. The summed E-state index contributed by atoms with van der Waals surface area (Å²) in [7, 11) is -4.30. The van der Waals surface area contributed by atoms with E-state index in [1.165, 1.54) is 30.3 Å². The van der Waals surface area contributed by atoms with Gasteiger partial charge in [0, 0.05) is 0 Å². The molecule has 152 valence electrons. The van der Waals surface area contributed by atoms with Gasteiger partial charge in [-0.2, -0.15) is 13.2 Å². The zero-order valence-electron chi connectivity index (χ0n) is 15.5. The van der Waals surface area contributed by atoms with E-state index < -0.39 is 39.9 Å². The van der Waals surface area contributed by atoms with Crippen LogP contribution in [0.4, 0.5) is 18.9 Å². The van der Waals surface area contributed by atoms with Gasteiger partial charge in [-0.05, 0) is 51.1 Å². The third-order valence-corrected chi connectivity index (χ3v) is 5.27. The lowest BCUT2D eigenvalue weighted by Crippen LogP contribution is -2.39. The molecule has 0 aliphatic rings. The van der Waals surface area contributed by atoms with Crippen LogP contribution >= 0.6 is 0 Å². The molecule has 0 N–H and O–H groups in total. The second kappa shape index (κ2) is 7.83. The number of hydrogen-bond donors (Lipinski definition) is 0. The van der Waals surface area contributed by atoms with E-state index in [1.54, 1.807) is 26.8 Å². The van der Waals surface area contributed by atoms with Crippen LogP contribution in [-0.4, -0.2) is 26.5 Å². The molecule has 2 aromatic rings. The van der Waals surface area contributed by atoms with E-state index >= 15 is 0 Å². The molecule has 0 saturated carbocycles. The third-order valence-electron chi connectivity index (χ3n) is 3.49. The normalized spacial score (nSPS) is 12.5. The van der Waals surface area contributed by atoms with Gasteiger partial charge in [0.05, 0.1) is 16.1 Å². The van der Waals surface area contributed by atoms with E-state index in [0.29, 0.717) is 10.4 Å². The molecule has 0 amide bonds. The molecule has 0 heterocycles. The minimum Gasteiger partial charge on any atom is -0.459 e. The van der Waals surface area contributed by atoms with Crippen molar-refractivity contribution in [3.05, 3.63) is 60.2 Å². The van der Waals surface area contributed by atoms with Crippen molar-refractivity contribution in [3.8, 4) is 0 Å². The predicted molar refractivity (Wildman–Crippen MR) is 98.3 cm³/mol. The number of halogens is 3. The van der Waals surface area contributed by atoms with Gasteiger partial charge in [0.1, 0.15) is 12.1 Å². The van der Waals surface area contributed by atoms with Crippen molar-refractivity contribution in [1.29, 1.82) is 0 Å². The Kier molecular flexibility index (Phi) is 6.08. The Balaban J connectivity index is 2.53. The van der Waals surface area contributed by atoms with Crippen LogP contribution in [0.2, 0.25) is 0 Å². The number of sulfonamides is 1. The molecular formula is C19H20F3NO4S. The quantitative estimate of drug-likeness (QED) is 0.685. The summed E-state index contributed by atoms with van der Waals surface area (Å²) >= 11 is 0. The first-order chi connectivity index (χ1) is 12.8. The summed E-state index contributed by atoms with van der Waals surface area (Å²) in [4.78, 5) is 12.1. The van der Waals surface area contributed by atoms with E-state index in [4.69, 9.17) is 4.74 Å². The summed E-state index contributed by atoms with van der Waals surface area (Å²) in [5.74, 6) is -0.885. The maximum Gasteiger partial charge on any atom is 0.416 e. The van der Waals surface area contributed by atoms with E-state index in [0.717, 1.165) is 12.1 Å². The number of carbonyl (C=O) groups excluding carboxylic acids is 1. The van der Waals surface area contributed by atoms with Crippen molar-refractivity contribution in [1.82, 2.24) is 0 Å².